The number of benzene rings is 1. The molecule has 2 unspecified atom stereocenters. The fraction of sp³-hybridized carbons (Fsp3) is 0.471. The van der Waals surface area contributed by atoms with Crippen molar-refractivity contribution in [2.45, 2.75) is 33.6 Å². The van der Waals surface area contributed by atoms with Crippen molar-refractivity contribution in [3.05, 3.63) is 42.1 Å². The van der Waals surface area contributed by atoms with Gasteiger partial charge in [0.2, 0.25) is 0 Å². The highest BCUT2D eigenvalue weighted by Crippen LogP contribution is 2.65. The van der Waals surface area contributed by atoms with Crippen LogP contribution in [0.15, 0.2) is 42.1 Å². The molecule has 2 fully saturated rings. The lowest BCUT2D eigenvalue weighted by Gasteiger charge is -2.31. The number of carbonyl (C=O) groups excluding carboxylic acids is 1. The Kier molecular flexibility index (Phi) is 2.98. The largest absolute Gasteiger partial charge is 0.294 e. The Bertz CT molecular complexity index is 578. The molecule has 0 N–H and O–H groups in total. The first-order valence-electron chi connectivity index (χ1n) is 7.14. The number of anilines is 1. The normalized spacial score (nSPS) is 32.9. The highest BCUT2D eigenvalue weighted by atomic mass is 35.5. The summed E-state index contributed by atoms with van der Waals surface area (Å²) in [7, 11) is 0. The number of hydrogen-bond donors (Lipinski definition) is 0. The molecular weight excluding hydrogens is 270 g/mol. The second-order valence-corrected chi connectivity index (χ2v) is 7.07. The number of hydrogen-bond acceptors (Lipinski definition) is 2. The summed E-state index contributed by atoms with van der Waals surface area (Å²) in [6.07, 6.45) is 3.91. The van der Waals surface area contributed by atoms with Crippen molar-refractivity contribution < 1.29 is 4.79 Å². The van der Waals surface area contributed by atoms with E-state index >= 15 is 0 Å². The van der Waals surface area contributed by atoms with Gasteiger partial charge < -0.3 is 0 Å². The maximum absolute atomic E-state index is 12.7. The van der Waals surface area contributed by atoms with Gasteiger partial charge in [-0.25, -0.2) is 0 Å². The molecule has 2 aliphatic carbocycles. The third-order valence-corrected chi connectivity index (χ3v) is 5.91. The van der Waals surface area contributed by atoms with Crippen LogP contribution in [0.25, 0.3) is 0 Å². The maximum Gasteiger partial charge on any atom is 0.167 e. The lowest BCUT2D eigenvalue weighted by atomic mass is 9.70. The predicted molar refractivity (Wildman–Crippen MR) is 82.5 cm³/mol. The van der Waals surface area contributed by atoms with Crippen LogP contribution in [-0.4, -0.2) is 5.78 Å². The second kappa shape index (κ2) is 4.36. The SMILES string of the molecule is CC12CCC(C(=CN(Cl)c3ccccc3)C1=O)C2(C)C. The van der Waals surface area contributed by atoms with Gasteiger partial charge >= 0.3 is 0 Å². The van der Waals surface area contributed by atoms with Crippen LogP contribution in [0.2, 0.25) is 0 Å². The molecule has 20 heavy (non-hydrogen) atoms. The van der Waals surface area contributed by atoms with Gasteiger partial charge in [-0.05, 0) is 36.3 Å². The quantitative estimate of drug-likeness (QED) is 0.588. The molecule has 0 radical (unpaired) electrons. The minimum atomic E-state index is -0.224. The van der Waals surface area contributed by atoms with Crippen molar-refractivity contribution in [2.75, 3.05) is 4.42 Å². The number of halogens is 1. The van der Waals surface area contributed by atoms with E-state index in [0.29, 0.717) is 5.92 Å². The first kappa shape index (κ1) is 13.7. The molecule has 0 spiro atoms. The Morgan fingerprint density at radius 1 is 1.25 bits per heavy atom. The smallest absolute Gasteiger partial charge is 0.167 e. The molecule has 106 valence electrons. The van der Waals surface area contributed by atoms with Gasteiger partial charge in [0.05, 0.1) is 5.69 Å². The number of fused-ring (bicyclic) bond motifs is 2. The summed E-state index contributed by atoms with van der Waals surface area (Å²) < 4.78 is 1.55. The van der Waals surface area contributed by atoms with E-state index < -0.39 is 0 Å². The van der Waals surface area contributed by atoms with Gasteiger partial charge in [-0.15, -0.1) is 0 Å². The van der Waals surface area contributed by atoms with E-state index in [-0.39, 0.29) is 16.6 Å². The number of rotatable bonds is 2. The molecule has 2 nitrogen and oxygen atoms in total. The number of nitrogens with zero attached hydrogens (tertiary/aromatic N) is 1. The third-order valence-electron chi connectivity index (χ3n) is 5.62. The molecular formula is C17H20ClNO. The van der Waals surface area contributed by atoms with Gasteiger partial charge in [0.1, 0.15) is 0 Å². The monoisotopic (exact) mass is 289 g/mol. The lowest BCUT2D eigenvalue weighted by molar-refractivity contribution is -0.125. The predicted octanol–water partition coefficient (Wildman–Crippen LogP) is 4.56. The van der Waals surface area contributed by atoms with Crippen molar-refractivity contribution >= 4 is 23.2 Å². The number of para-hydroxylation sites is 1. The second-order valence-electron chi connectivity index (χ2n) is 6.71. The van der Waals surface area contributed by atoms with E-state index in [1.54, 1.807) is 4.42 Å². The maximum atomic E-state index is 12.7. The Morgan fingerprint density at radius 2 is 1.90 bits per heavy atom. The molecule has 1 aromatic rings. The topological polar surface area (TPSA) is 20.3 Å². The fourth-order valence-electron chi connectivity index (χ4n) is 3.84. The minimum absolute atomic E-state index is 0.0321. The molecule has 2 bridgehead atoms. The summed E-state index contributed by atoms with van der Waals surface area (Å²) in [5.41, 5.74) is 1.59. The Balaban J connectivity index is 1.96. The van der Waals surface area contributed by atoms with Crippen molar-refractivity contribution in [3.8, 4) is 0 Å². The first-order valence-corrected chi connectivity index (χ1v) is 7.48. The van der Waals surface area contributed by atoms with E-state index in [1.807, 2.05) is 36.5 Å². The van der Waals surface area contributed by atoms with Crippen LogP contribution in [0, 0.1) is 16.7 Å². The van der Waals surface area contributed by atoms with Crippen LogP contribution >= 0.6 is 11.8 Å². The Labute approximate surface area is 125 Å². The highest BCUT2D eigenvalue weighted by molar-refractivity contribution is 6.27. The van der Waals surface area contributed by atoms with Crippen molar-refractivity contribution in [2.24, 2.45) is 16.7 Å². The van der Waals surface area contributed by atoms with Crippen molar-refractivity contribution in [3.63, 3.8) is 0 Å². The van der Waals surface area contributed by atoms with E-state index in [2.05, 4.69) is 20.8 Å². The van der Waals surface area contributed by atoms with Gasteiger partial charge in [-0.2, -0.15) is 0 Å². The summed E-state index contributed by atoms with van der Waals surface area (Å²) in [5.74, 6) is 0.602. The minimum Gasteiger partial charge on any atom is -0.294 e. The standard InChI is InChI=1S/C17H20ClNO/c1-16(2)14-9-10-17(16,3)15(20)13(14)11-19(18)12-7-5-4-6-8-12/h4-8,11,14H,9-10H2,1-3H3. The van der Waals surface area contributed by atoms with E-state index in [9.17, 15) is 4.79 Å². The zero-order valence-corrected chi connectivity index (χ0v) is 12.9. The number of carbonyl (C=O) groups is 1. The number of allylic oxidation sites excluding steroid dienone is 1. The van der Waals surface area contributed by atoms with Gasteiger partial charge in [-0.1, -0.05) is 39.0 Å². The summed E-state index contributed by atoms with van der Waals surface area (Å²) in [5, 5.41) is 0. The van der Waals surface area contributed by atoms with Crippen LogP contribution in [0.5, 0.6) is 0 Å². The molecule has 0 aromatic heterocycles. The average molecular weight is 290 g/mol. The summed E-state index contributed by atoms with van der Waals surface area (Å²) in [6.45, 7) is 6.53. The number of Topliss-reactive ketones (excluding diaryl/α,β-unsaturated/α-hetero) is 1. The van der Waals surface area contributed by atoms with Crippen molar-refractivity contribution in [1.82, 2.24) is 0 Å². The average Bonchev–Trinajstić information content (AvgIpc) is 2.74. The van der Waals surface area contributed by atoms with Crippen LogP contribution in [0.4, 0.5) is 5.69 Å². The molecule has 2 aliphatic rings. The van der Waals surface area contributed by atoms with Crippen LogP contribution in [0.1, 0.15) is 33.6 Å². The zero-order valence-electron chi connectivity index (χ0n) is 12.2. The van der Waals surface area contributed by atoms with Gasteiger partial charge in [0, 0.05) is 29.0 Å². The van der Waals surface area contributed by atoms with Crippen molar-refractivity contribution in [1.29, 1.82) is 0 Å². The summed E-state index contributed by atoms with van der Waals surface area (Å²) >= 11 is 6.33. The van der Waals surface area contributed by atoms with Crippen LogP contribution < -0.4 is 4.42 Å². The van der Waals surface area contributed by atoms with Gasteiger partial charge in [0.15, 0.2) is 5.78 Å². The molecule has 0 amide bonds. The van der Waals surface area contributed by atoms with Gasteiger partial charge in [0.25, 0.3) is 0 Å². The molecule has 2 atom stereocenters. The molecule has 3 heteroatoms. The molecule has 0 saturated heterocycles. The molecule has 0 aliphatic heterocycles. The van der Waals surface area contributed by atoms with E-state index in [1.165, 1.54) is 0 Å². The Hall–Kier alpha value is -1.28. The van der Waals surface area contributed by atoms with E-state index in [0.717, 1.165) is 24.1 Å². The Morgan fingerprint density at radius 3 is 2.45 bits per heavy atom. The number of ketones is 1. The molecule has 1 aromatic carbocycles. The van der Waals surface area contributed by atoms with Gasteiger partial charge in [-0.3, -0.25) is 9.21 Å². The zero-order chi connectivity index (χ0) is 14.5. The van der Waals surface area contributed by atoms with Crippen LogP contribution in [-0.2, 0) is 4.79 Å². The first-order chi connectivity index (χ1) is 9.38. The third kappa shape index (κ3) is 1.67. The summed E-state index contributed by atoms with van der Waals surface area (Å²) in [6, 6.07) is 9.71. The lowest BCUT2D eigenvalue weighted by Crippen LogP contribution is -2.32. The molecule has 3 rings (SSSR count). The van der Waals surface area contributed by atoms with Crippen LogP contribution in [0.3, 0.4) is 0 Å². The molecule has 2 saturated carbocycles. The molecule has 0 heterocycles. The van der Waals surface area contributed by atoms with E-state index in [4.69, 9.17) is 11.8 Å². The summed E-state index contributed by atoms with van der Waals surface area (Å²) in [4.78, 5) is 12.7. The highest BCUT2D eigenvalue weighted by Gasteiger charge is 2.64. The fourth-order valence-corrected chi connectivity index (χ4v) is 4.06.